The maximum Gasteiger partial charge on any atom is 0.191 e. The second-order valence-electron chi connectivity index (χ2n) is 5.92. The molecule has 2 N–H and O–H groups in total. The van der Waals surface area contributed by atoms with Crippen LogP contribution >= 0.6 is 23.4 Å². The van der Waals surface area contributed by atoms with E-state index >= 15 is 0 Å². The van der Waals surface area contributed by atoms with Gasteiger partial charge in [0.25, 0.3) is 0 Å². The SMILES string of the molecule is CCNC(=NCC1(OC)CCOCC1)NCCSc1ccc(Cl)cc1. The molecule has 0 amide bonds. The highest BCUT2D eigenvalue weighted by atomic mass is 35.5. The highest BCUT2D eigenvalue weighted by Crippen LogP contribution is 2.24. The molecule has 0 unspecified atom stereocenters. The number of methoxy groups -OCH3 is 1. The number of guanidine groups is 1. The molecule has 0 bridgehead atoms. The Balaban J connectivity index is 1.79. The Morgan fingerprint density at radius 1 is 1.28 bits per heavy atom. The third-order valence-electron chi connectivity index (χ3n) is 4.18. The molecule has 1 heterocycles. The average molecular weight is 386 g/mol. The fourth-order valence-electron chi connectivity index (χ4n) is 2.60. The van der Waals surface area contributed by atoms with Crippen molar-refractivity contribution in [3.05, 3.63) is 29.3 Å². The number of aliphatic imine (C=N–C) groups is 1. The van der Waals surface area contributed by atoms with E-state index in [2.05, 4.69) is 17.6 Å². The molecule has 1 aliphatic heterocycles. The van der Waals surface area contributed by atoms with Crippen molar-refractivity contribution in [2.24, 2.45) is 4.99 Å². The molecule has 1 aliphatic rings. The molecule has 0 saturated carbocycles. The molecule has 140 valence electrons. The lowest BCUT2D eigenvalue weighted by atomic mass is 9.94. The van der Waals surface area contributed by atoms with Crippen molar-refractivity contribution in [3.8, 4) is 0 Å². The van der Waals surface area contributed by atoms with Gasteiger partial charge in [-0.1, -0.05) is 11.6 Å². The van der Waals surface area contributed by atoms with E-state index in [1.807, 2.05) is 24.3 Å². The topological polar surface area (TPSA) is 54.9 Å². The lowest BCUT2D eigenvalue weighted by Gasteiger charge is -2.34. The van der Waals surface area contributed by atoms with Gasteiger partial charge in [0.2, 0.25) is 0 Å². The first-order valence-electron chi connectivity index (χ1n) is 8.71. The standard InChI is InChI=1S/C18H28ClN3O2S/c1-3-20-17(22-14-18(23-2)8-11-24-12-9-18)21-10-13-25-16-6-4-15(19)5-7-16/h4-7H,3,8-14H2,1-2H3,(H2,20,21,22). The Hall–Kier alpha value is -0.950. The van der Waals surface area contributed by atoms with Crippen molar-refractivity contribution in [2.45, 2.75) is 30.3 Å². The van der Waals surface area contributed by atoms with Crippen molar-refractivity contribution in [1.82, 2.24) is 10.6 Å². The van der Waals surface area contributed by atoms with E-state index in [0.29, 0.717) is 6.54 Å². The molecule has 1 saturated heterocycles. The highest BCUT2D eigenvalue weighted by molar-refractivity contribution is 7.99. The first-order valence-corrected chi connectivity index (χ1v) is 10.1. The summed E-state index contributed by atoms with van der Waals surface area (Å²) in [5.74, 6) is 1.79. The van der Waals surface area contributed by atoms with Crippen LogP contribution in [0.15, 0.2) is 34.2 Å². The fourth-order valence-corrected chi connectivity index (χ4v) is 3.50. The van der Waals surface area contributed by atoms with Gasteiger partial charge < -0.3 is 20.1 Å². The Bertz CT molecular complexity index is 534. The highest BCUT2D eigenvalue weighted by Gasteiger charge is 2.32. The second kappa shape index (κ2) is 10.9. The van der Waals surface area contributed by atoms with E-state index in [0.717, 1.165) is 55.9 Å². The molecule has 1 aromatic carbocycles. The number of hydrogen-bond donors (Lipinski definition) is 2. The monoisotopic (exact) mass is 385 g/mol. The summed E-state index contributed by atoms with van der Waals surface area (Å²) in [6.45, 7) is 5.87. The molecule has 2 rings (SSSR count). The summed E-state index contributed by atoms with van der Waals surface area (Å²) in [7, 11) is 1.77. The molecule has 5 nitrogen and oxygen atoms in total. The van der Waals surface area contributed by atoms with Gasteiger partial charge in [-0.05, 0) is 31.2 Å². The largest absolute Gasteiger partial charge is 0.381 e. The van der Waals surface area contributed by atoms with Gasteiger partial charge in [0.1, 0.15) is 0 Å². The van der Waals surface area contributed by atoms with Gasteiger partial charge >= 0.3 is 0 Å². The number of halogens is 1. The van der Waals surface area contributed by atoms with Crippen LogP contribution in [-0.4, -0.2) is 57.3 Å². The molecular weight excluding hydrogens is 358 g/mol. The Labute approximate surface area is 159 Å². The quantitative estimate of drug-likeness (QED) is 0.311. The first kappa shape index (κ1) is 20.4. The van der Waals surface area contributed by atoms with Gasteiger partial charge in [-0.2, -0.15) is 0 Å². The van der Waals surface area contributed by atoms with Crippen LogP contribution in [0.4, 0.5) is 0 Å². The maximum absolute atomic E-state index is 5.91. The van der Waals surface area contributed by atoms with E-state index in [1.54, 1.807) is 18.9 Å². The van der Waals surface area contributed by atoms with Crippen LogP contribution in [0, 0.1) is 0 Å². The summed E-state index contributed by atoms with van der Waals surface area (Å²) in [4.78, 5) is 5.94. The Morgan fingerprint density at radius 2 is 2.00 bits per heavy atom. The zero-order valence-corrected chi connectivity index (χ0v) is 16.6. The molecule has 0 aliphatic carbocycles. The molecule has 1 fully saturated rings. The van der Waals surface area contributed by atoms with E-state index in [4.69, 9.17) is 26.1 Å². The van der Waals surface area contributed by atoms with Crippen LogP contribution in [0.25, 0.3) is 0 Å². The molecule has 25 heavy (non-hydrogen) atoms. The fraction of sp³-hybridized carbons (Fsp3) is 0.611. The summed E-state index contributed by atoms with van der Waals surface area (Å²) in [6, 6.07) is 7.92. The van der Waals surface area contributed by atoms with E-state index < -0.39 is 0 Å². The van der Waals surface area contributed by atoms with Crippen LogP contribution in [0.3, 0.4) is 0 Å². The maximum atomic E-state index is 5.91. The summed E-state index contributed by atoms with van der Waals surface area (Å²) >= 11 is 7.70. The average Bonchev–Trinajstić information content (AvgIpc) is 2.65. The molecule has 0 atom stereocenters. The first-order chi connectivity index (χ1) is 12.2. The van der Waals surface area contributed by atoms with Crippen molar-refractivity contribution < 1.29 is 9.47 Å². The summed E-state index contributed by atoms with van der Waals surface area (Å²) < 4.78 is 11.2. The zero-order valence-electron chi connectivity index (χ0n) is 15.0. The van der Waals surface area contributed by atoms with Gasteiger partial charge in [-0.25, -0.2) is 0 Å². The molecule has 0 spiro atoms. The predicted molar refractivity (Wildman–Crippen MR) is 106 cm³/mol. The van der Waals surface area contributed by atoms with Crippen molar-refractivity contribution in [1.29, 1.82) is 0 Å². The van der Waals surface area contributed by atoms with Crippen LogP contribution < -0.4 is 10.6 Å². The minimum absolute atomic E-state index is 0.196. The number of nitrogens with one attached hydrogen (secondary N) is 2. The third kappa shape index (κ3) is 7.05. The molecular formula is C18H28ClN3O2S. The van der Waals surface area contributed by atoms with Crippen LogP contribution in [0.1, 0.15) is 19.8 Å². The van der Waals surface area contributed by atoms with E-state index in [1.165, 1.54) is 4.90 Å². The Morgan fingerprint density at radius 3 is 2.64 bits per heavy atom. The summed E-state index contributed by atoms with van der Waals surface area (Å²) in [5.41, 5.74) is -0.196. The number of nitrogens with zero attached hydrogens (tertiary/aromatic N) is 1. The molecule has 7 heteroatoms. The second-order valence-corrected chi connectivity index (χ2v) is 7.53. The van der Waals surface area contributed by atoms with E-state index in [9.17, 15) is 0 Å². The van der Waals surface area contributed by atoms with Gasteiger partial charge in [-0.15, -0.1) is 11.8 Å². The van der Waals surface area contributed by atoms with Crippen LogP contribution in [-0.2, 0) is 9.47 Å². The third-order valence-corrected chi connectivity index (χ3v) is 5.45. The van der Waals surface area contributed by atoms with Gasteiger partial charge in [0.05, 0.1) is 12.1 Å². The number of thioether (sulfide) groups is 1. The minimum atomic E-state index is -0.196. The van der Waals surface area contributed by atoms with Crippen molar-refractivity contribution in [2.75, 3.05) is 45.7 Å². The smallest absolute Gasteiger partial charge is 0.191 e. The van der Waals surface area contributed by atoms with Gasteiger partial charge in [0.15, 0.2) is 5.96 Å². The molecule has 0 aromatic heterocycles. The lowest BCUT2D eigenvalue weighted by molar-refractivity contribution is -0.0828. The number of benzene rings is 1. The van der Waals surface area contributed by atoms with Gasteiger partial charge in [0, 0.05) is 61.9 Å². The molecule has 0 radical (unpaired) electrons. The van der Waals surface area contributed by atoms with Gasteiger partial charge in [-0.3, -0.25) is 4.99 Å². The van der Waals surface area contributed by atoms with Crippen LogP contribution in [0.2, 0.25) is 5.02 Å². The Kier molecular flexibility index (Phi) is 8.89. The predicted octanol–water partition coefficient (Wildman–Crippen LogP) is 3.18. The van der Waals surface area contributed by atoms with E-state index in [-0.39, 0.29) is 5.60 Å². The zero-order chi connectivity index (χ0) is 18.0. The molecule has 1 aromatic rings. The lowest BCUT2D eigenvalue weighted by Crippen LogP contribution is -2.44. The normalized spacial score (nSPS) is 17.3. The van der Waals surface area contributed by atoms with Crippen LogP contribution in [0.5, 0.6) is 0 Å². The summed E-state index contributed by atoms with van der Waals surface area (Å²) in [6.07, 6.45) is 1.78. The number of ether oxygens (including phenoxy) is 2. The van der Waals surface area contributed by atoms with Crippen molar-refractivity contribution >= 4 is 29.3 Å². The number of rotatable bonds is 8. The summed E-state index contributed by atoms with van der Waals surface area (Å²) in [5, 5.41) is 7.45. The minimum Gasteiger partial charge on any atom is -0.381 e. The number of hydrogen-bond acceptors (Lipinski definition) is 4. The van der Waals surface area contributed by atoms with Crippen molar-refractivity contribution in [3.63, 3.8) is 0 Å².